The van der Waals surface area contributed by atoms with E-state index in [2.05, 4.69) is 20.8 Å². The first-order valence-corrected chi connectivity index (χ1v) is 11.0. The molecule has 9 heteroatoms. The molecule has 0 saturated carbocycles. The molecule has 0 bridgehead atoms. The van der Waals surface area contributed by atoms with E-state index in [1.807, 2.05) is 32.0 Å². The molecule has 2 heterocycles. The summed E-state index contributed by atoms with van der Waals surface area (Å²) in [7, 11) is 0. The maximum Gasteiger partial charge on any atom is 0.246 e. The standard InChI is InChI=1S/C26H25FN6O2/c1-18-24(19(2)33(31-18)23-9-7-21(27)8-10-23)11-12-25(34)28-16-20-5-3-6-22(15-20)30-26(35)17-32-14-4-13-29-32/h3-15H,16-17H2,1-2H3,(H,28,34)(H,30,35)/b12-11+. The summed E-state index contributed by atoms with van der Waals surface area (Å²) in [4.78, 5) is 24.6. The van der Waals surface area contributed by atoms with Crippen molar-refractivity contribution in [3.05, 3.63) is 101 Å². The van der Waals surface area contributed by atoms with Gasteiger partial charge in [-0.2, -0.15) is 10.2 Å². The number of nitrogens with zero attached hydrogens (tertiary/aromatic N) is 4. The van der Waals surface area contributed by atoms with Gasteiger partial charge >= 0.3 is 0 Å². The Morgan fingerprint density at radius 2 is 1.89 bits per heavy atom. The van der Waals surface area contributed by atoms with Crippen molar-refractivity contribution in [1.29, 1.82) is 0 Å². The van der Waals surface area contributed by atoms with E-state index in [0.717, 1.165) is 28.2 Å². The molecule has 0 aliphatic carbocycles. The molecule has 35 heavy (non-hydrogen) atoms. The third-order valence-corrected chi connectivity index (χ3v) is 5.36. The van der Waals surface area contributed by atoms with E-state index < -0.39 is 0 Å². The predicted molar refractivity (Wildman–Crippen MR) is 131 cm³/mol. The van der Waals surface area contributed by atoms with Gasteiger partial charge in [0, 0.05) is 42.0 Å². The monoisotopic (exact) mass is 472 g/mol. The van der Waals surface area contributed by atoms with Crippen LogP contribution in [-0.2, 0) is 22.7 Å². The highest BCUT2D eigenvalue weighted by molar-refractivity contribution is 5.92. The van der Waals surface area contributed by atoms with Crippen LogP contribution in [0.3, 0.4) is 0 Å². The summed E-state index contributed by atoms with van der Waals surface area (Å²) in [6.45, 7) is 4.18. The fourth-order valence-electron chi connectivity index (χ4n) is 3.64. The summed E-state index contributed by atoms with van der Waals surface area (Å²) >= 11 is 0. The van der Waals surface area contributed by atoms with Crippen molar-refractivity contribution in [1.82, 2.24) is 24.9 Å². The number of amides is 2. The van der Waals surface area contributed by atoms with Gasteiger partial charge in [-0.25, -0.2) is 9.07 Å². The van der Waals surface area contributed by atoms with Crippen molar-refractivity contribution in [3.8, 4) is 5.69 Å². The van der Waals surface area contributed by atoms with E-state index in [-0.39, 0.29) is 24.2 Å². The minimum Gasteiger partial charge on any atom is -0.348 e. The summed E-state index contributed by atoms with van der Waals surface area (Å²) in [5.41, 5.74) is 4.66. The van der Waals surface area contributed by atoms with Crippen molar-refractivity contribution >= 4 is 23.6 Å². The van der Waals surface area contributed by atoms with Crippen LogP contribution in [0.4, 0.5) is 10.1 Å². The number of carbonyl (C=O) groups is 2. The molecule has 0 spiro atoms. The molecular formula is C26H25FN6O2. The maximum atomic E-state index is 13.2. The van der Waals surface area contributed by atoms with Crippen LogP contribution in [0, 0.1) is 19.7 Å². The molecule has 4 rings (SSSR count). The molecule has 2 amide bonds. The molecule has 0 unspecified atom stereocenters. The zero-order valence-electron chi connectivity index (χ0n) is 19.4. The van der Waals surface area contributed by atoms with Gasteiger partial charge in [0.15, 0.2) is 0 Å². The molecule has 0 aliphatic rings. The van der Waals surface area contributed by atoms with Crippen LogP contribution in [0.25, 0.3) is 11.8 Å². The van der Waals surface area contributed by atoms with Crippen LogP contribution < -0.4 is 10.6 Å². The van der Waals surface area contributed by atoms with Gasteiger partial charge in [-0.15, -0.1) is 0 Å². The van der Waals surface area contributed by atoms with Gasteiger partial charge in [0.2, 0.25) is 11.8 Å². The second-order valence-corrected chi connectivity index (χ2v) is 7.98. The quantitative estimate of drug-likeness (QED) is 0.382. The maximum absolute atomic E-state index is 13.2. The van der Waals surface area contributed by atoms with Crippen molar-refractivity contribution in [2.75, 3.05) is 5.32 Å². The highest BCUT2D eigenvalue weighted by atomic mass is 19.1. The Balaban J connectivity index is 1.35. The molecule has 0 fully saturated rings. The predicted octanol–water partition coefficient (Wildman–Crippen LogP) is 3.79. The lowest BCUT2D eigenvalue weighted by atomic mass is 10.1. The Hall–Kier alpha value is -4.53. The van der Waals surface area contributed by atoms with Gasteiger partial charge in [0.25, 0.3) is 0 Å². The SMILES string of the molecule is Cc1nn(-c2ccc(F)cc2)c(C)c1/C=C/C(=O)NCc1cccc(NC(=O)Cn2cccn2)c1. The van der Waals surface area contributed by atoms with Gasteiger partial charge in [-0.1, -0.05) is 12.1 Å². The number of halogens is 1. The fourth-order valence-corrected chi connectivity index (χ4v) is 3.64. The zero-order valence-corrected chi connectivity index (χ0v) is 19.4. The first-order valence-electron chi connectivity index (χ1n) is 11.0. The van der Waals surface area contributed by atoms with E-state index in [0.29, 0.717) is 12.2 Å². The van der Waals surface area contributed by atoms with Gasteiger partial charge in [-0.3, -0.25) is 14.3 Å². The first kappa shape index (κ1) is 23.6. The summed E-state index contributed by atoms with van der Waals surface area (Å²) in [6, 6.07) is 15.1. The molecule has 0 aliphatic heterocycles. The normalized spacial score (nSPS) is 11.1. The van der Waals surface area contributed by atoms with E-state index in [9.17, 15) is 14.0 Å². The summed E-state index contributed by atoms with van der Waals surface area (Å²) in [6.07, 6.45) is 6.52. The van der Waals surface area contributed by atoms with Gasteiger partial charge in [0.05, 0.1) is 11.4 Å². The highest BCUT2D eigenvalue weighted by Gasteiger charge is 2.11. The largest absolute Gasteiger partial charge is 0.348 e. The molecule has 2 aromatic carbocycles. The van der Waals surface area contributed by atoms with Crippen LogP contribution in [0.2, 0.25) is 0 Å². The van der Waals surface area contributed by atoms with Crippen LogP contribution >= 0.6 is 0 Å². The fraction of sp³-hybridized carbons (Fsp3) is 0.154. The van der Waals surface area contributed by atoms with Crippen molar-refractivity contribution in [2.24, 2.45) is 0 Å². The number of rotatable bonds is 8. The van der Waals surface area contributed by atoms with E-state index in [1.54, 1.807) is 52.1 Å². The molecule has 2 aromatic heterocycles. The molecule has 2 N–H and O–H groups in total. The van der Waals surface area contributed by atoms with E-state index >= 15 is 0 Å². The lowest BCUT2D eigenvalue weighted by molar-refractivity contribution is -0.117. The molecule has 8 nitrogen and oxygen atoms in total. The lowest BCUT2D eigenvalue weighted by Gasteiger charge is -2.08. The number of aromatic nitrogens is 4. The number of anilines is 1. The summed E-state index contributed by atoms with van der Waals surface area (Å²) in [5, 5.41) is 14.2. The van der Waals surface area contributed by atoms with E-state index in [1.165, 1.54) is 18.2 Å². The van der Waals surface area contributed by atoms with Crippen molar-refractivity contribution in [2.45, 2.75) is 26.9 Å². The van der Waals surface area contributed by atoms with E-state index in [4.69, 9.17) is 0 Å². The topological polar surface area (TPSA) is 93.8 Å². The molecule has 0 atom stereocenters. The van der Waals surface area contributed by atoms with Crippen LogP contribution in [0.1, 0.15) is 22.5 Å². The highest BCUT2D eigenvalue weighted by Crippen LogP contribution is 2.19. The van der Waals surface area contributed by atoms with Crippen LogP contribution in [0.15, 0.2) is 73.1 Å². The van der Waals surface area contributed by atoms with Crippen LogP contribution in [0.5, 0.6) is 0 Å². The van der Waals surface area contributed by atoms with Crippen molar-refractivity contribution in [3.63, 3.8) is 0 Å². The Kier molecular flexibility index (Phi) is 7.15. The van der Waals surface area contributed by atoms with Gasteiger partial charge < -0.3 is 10.6 Å². The van der Waals surface area contributed by atoms with Gasteiger partial charge in [0.1, 0.15) is 12.4 Å². The number of aryl methyl sites for hydroxylation is 1. The lowest BCUT2D eigenvalue weighted by Crippen LogP contribution is -2.21. The average Bonchev–Trinajstić information content (AvgIpc) is 3.44. The summed E-state index contributed by atoms with van der Waals surface area (Å²) in [5.74, 6) is -0.759. The Morgan fingerprint density at radius 1 is 1.09 bits per heavy atom. The van der Waals surface area contributed by atoms with Crippen molar-refractivity contribution < 1.29 is 14.0 Å². The zero-order chi connectivity index (χ0) is 24.8. The minimum absolute atomic E-state index is 0.120. The van der Waals surface area contributed by atoms with Crippen LogP contribution in [-0.4, -0.2) is 31.4 Å². The average molecular weight is 473 g/mol. The number of carbonyl (C=O) groups excluding carboxylic acids is 2. The minimum atomic E-state index is -0.311. The molecule has 0 radical (unpaired) electrons. The number of hydrogen-bond donors (Lipinski definition) is 2. The second-order valence-electron chi connectivity index (χ2n) is 7.98. The Morgan fingerprint density at radius 3 is 2.63 bits per heavy atom. The third-order valence-electron chi connectivity index (χ3n) is 5.36. The second kappa shape index (κ2) is 10.6. The number of benzene rings is 2. The number of hydrogen-bond acceptors (Lipinski definition) is 4. The Bertz CT molecular complexity index is 1360. The molecular weight excluding hydrogens is 447 g/mol. The number of nitrogens with one attached hydrogen (secondary N) is 2. The molecule has 4 aromatic rings. The summed E-state index contributed by atoms with van der Waals surface area (Å²) < 4.78 is 16.5. The molecule has 178 valence electrons. The van der Waals surface area contributed by atoms with Gasteiger partial charge in [-0.05, 0) is 68.0 Å². The Labute approximate surface area is 202 Å². The smallest absolute Gasteiger partial charge is 0.246 e. The molecule has 0 saturated heterocycles. The first-order chi connectivity index (χ1) is 16.9. The third kappa shape index (κ3) is 6.08.